The summed E-state index contributed by atoms with van der Waals surface area (Å²) in [5.74, 6) is 1.10. The van der Waals surface area contributed by atoms with Crippen LogP contribution in [0.4, 0.5) is 11.5 Å². The lowest BCUT2D eigenvalue weighted by atomic mass is 9.99. The second kappa shape index (κ2) is 5.85. The Morgan fingerprint density at radius 2 is 1.65 bits per heavy atom. The van der Waals surface area contributed by atoms with E-state index >= 15 is 0 Å². The van der Waals surface area contributed by atoms with E-state index in [9.17, 15) is 0 Å². The summed E-state index contributed by atoms with van der Waals surface area (Å²) in [6.45, 7) is 0. The Morgan fingerprint density at radius 1 is 0.794 bits per heavy atom. The molecule has 4 heterocycles. The summed E-state index contributed by atoms with van der Waals surface area (Å²) in [6, 6.07) is 24.6. The van der Waals surface area contributed by atoms with Gasteiger partial charge in [-0.25, -0.2) is 4.99 Å². The Kier molecular flexibility index (Phi) is 2.98. The fraction of sp³-hybridized carbons (Fsp3) is 0.0333. The third-order valence-electron chi connectivity index (χ3n) is 7.50. The molecule has 0 spiro atoms. The summed E-state index contributed by atoms with van der Waals surface area (Å²) in [7, 11) is 0. The van der Waals surface area contributed by atoms with Gasteiger partial charge in [-0.3, -0.25) is 4.40 Å². The first-order valence-electron chi connectivity index (χ1n) is 11.6. The molecule has 4 heteroatoms. The van der Waals surface area contributed by atoms with Crippen LogP contribution in [-0.2, 0) is 0 Å². The van der Waals surface area contributed by atoms with Crippen LogP contribution < -0.4 is 5.32 Å². The number of hydrogen-bond acceptors (Lipinski definition) is 3. The number of anilines is 1. The third kappa shape index (κ3) is 1.94. The molecule has 0 fully saturated rings. The molecule has 3 aromatic heterocycles. The highest BCUT2D eigenvalue weighted by Crippen LogP contribution is 2.51. The average Bonchev–Trinajstić information content (AvgIpc) is 3.53. The van der Waals surface area contributed by atoms with Crippen LogP contribution in [0.5, 0.6) is 0 Å². The standard InChI is InChI=1S/C30H17N3S/c1-2-8-17-16(7-1)15-21-26-30(32-23-11-5-4-10-22(23)31-26)33-27(21)25(17)20-14-13-19-18-9-3-6-12-24(18)34-29(19)28(20)33/h1-15,23,32H. The Labute approximate surface area is 198 Å². The number of rotatable bonds is 0. The highest BCUT2D eigenvalue weighted by atomic mass is 32.1. The number of thiophene rings is 1. The van der Waals surface area contributed by atoms with E-state index in [-0.39, 0.29) is 6.04 Å². The number of nitrogens with one attached hydrogen (secondary N) is 1. The van der Waals surface area contributed by atoms with Gasteiger partial charge in [0.25, 0.3) is 0 Å². The first-order valence-corrected chi connectivity index (χ1v) is 12.4. The molecule has 1 N–H and O–H groups in total. The highest BCUT2D eigenvalue weighted by molar-refractivity contribution is 7.26. The molecule has 0 saturated heterocycles. The Hall–Kier alpha value is -4.15. The molecular weight excluding hydrogens is 434 g/mol. The predicted octanol–water partition coefficient (Wildman–Crippen LogP) is 8.20. The number of aliphatic imine (C=N–C) groups is 1. The van der Waals surface area contributed by atoms with Crippen LogP contribution >= 0.6 is 11.3 Å². The second-order valence-electron chi connectivity index (χ2n) is 9.24. The Bertz CT molecular complexity index is 2100. The minimum absolute atomic E-state index is 0.0987. The van der Waals surface area contributed by atoms with Crippen LogP contribution in [0, 0.1) is 0 Å². The number of hydrogen-bond donors (Lipinski definition) is 1. The van der Waals surface area contributed by atoms with Gasteiger partial charge >= 0.3 is 0 Å². The predicted molar refractivity (Wildman–Crippen MR) is 147 cm³/mol. The van der Waals surface area contributed by atoms with Crippen molar-refractivity contribution in [2.45, 2.75) is 6.04 Å². The molecule has 9 rings (SSSR count). The smallest absolute Gasteiger partial charge is 0.139 e. The minimum Gasteiger partial charge on any atom is -0.357 e. The monoisotopic (exact) mass is 451 g/mol. The van der Waals surface area contributed by atoms with Crippen molar-refractivity contribution in [3.05, 3.63) is 91.0 Å². The van der Waals surface area contributed by atoms with Gasteiger partial charge in [-0.2, -0.15) is 0 Å². The minimum atomic E-state index is 0.0987. The zero-order valence-corrected chi connectivity index (χ0v) is 18.9. The van der Waals surface area contributed by atoms with Crippen molar-refractivity contribution in [1.82, 2.24) is 4.40 Å². The lowest BCUT2D eigenvalue weighted by Gasteiger charge is -2.23. The summed E-state index contributed by atoms with van der Waals surface area (Å²) in [6.07, 6.45) is 8.49. The molecule has 158 valence electrons. The number of aromatic nitrogens is 1. The van der Waals surface area contributed by atoms with Gasteiger partial charge in [0, 0.05) is 31.6 Å². The summed E-state index contributed by atoms with van der Waals surface area (Å²) < 4.78 is 5.14. The summed E-state index contributed by atoms with van der Waals surface area (Å²) in [5.41, 5.74) is 4.69. The molecule has 0 amide bonds. The zero-order chi connectivity index (χ0) is 22.0. The van der Waals surface area contributed by atoms with Gasteiger partial charge in [0.1, 0.15) is 11.5 Å². The quantitative estimate of drug-likeness (QED) is 0.247. The first kappa shape index (κ1) is 17.3. The molecule has 1 atom stereocenters. The van der Waals surface area contributed by atoms with Crippen molar-refractivity contribution < 1.29 is 0 Å². The van der Waals surface area contributed by atoms with Gasteiger partial charge in [0.05, 0.1) is 27.5 Å². The van der Waals surface area contributed by atoms with Gasteiger partial charge in [0.2, 0.25) is 0 Å². The van der Waals surface area contributed by atoms with E-state index in [1.807, 2.05) is 11.3 Å². The molecule has 1 aliphatic heterocycles. The average molecular weight is 452 g/mol. The molecule has 0 bridgehead atoms. The highest BCUT2D eigenvalue weighted by Gasteiger charge is 2.30. The van der Waals surface area contributed by atoms with Crippen LogP contribution in [0.1, 0.15) is 0 Å². The van der Waals surface area contributed by atoms with E-state index in [1.165, 1.54) is 58.1 Å². The Morgan fingerprint density at radius 3 is 2.62 bits per heavy atom. The van der Waals surface area contributed by atoms with Gasteiger partial charge in [-0.1, -0.05) is 72.8 Å². The SMILES string of the molecule is C1=CC2=Nc3c(n4c5c(ccc6c7ccccc7sc65)c5c6ccccc6cc3c54)NC2C=C1. The van der Waals surface area contributed by atoms with E-state index < -0.39 is 0 Å². The van der Waals surface area contributed by atoms with Crippen LogP contribution in [0.15, 0.2) is 96.0 Å². The van der Waals surface area contributed by atoms with Crippen LogP contribution in [0.25, 0.3) is 58.1 Å². The molecule has 2 aliphatic rings. The van der Waals surface area contributed by atoms with Gasteiger partial charge < -0.3 is 5.32 Å². The van der Waals surface area contributed by atoms with Crippen molar-refractivity contribution in [3.63, 3.8) is 0 Å². The zero-order valence-electron chi connectivity index (χ0n) is 18.0. The van der Waals surface area contributed by atoms with Crippen LogP contribution in [0.2, 0.25) is 0 Å². The molecule has 0 saturated carbocycles. The van der Waals surface area contributed by atoms with Crippen molar-refractivity contribution in [1.29, 1.82) is 0 Å². The molecule has 1 aliphatic carbocycles. The number of nitrogens with zero attached hydrogens (tertiary/aromatic N) is 2. The molecule has 0 radical (unpaired) electrons. The third-order valence-corrected chi connectivity index (χ3v) is 8.69. The van der Waals surface area contributed by atoms with E-state index in [4.69, 9.17) is 4.99 Å². The number of benzene rings is 4. The van der Waals surface area contributed by atoms with E-state index in [1.54, 1.807) is 0 Å². The van der Waals surface area contributed by atoms with E-state index in [0.29, 0.717) is 0 Å². The van der Waals surface area contributed by atoms with Crippen LogP contribution in [0.3, 0.4) is 0 Å². The molecule has 4 aromatic carbocycles. The van der Waals surface area contributed by atoms with Crippen molar-refractivity contribution in [2.75, 3.05) is 5.32 Å². The second-order valence-corrected chi connectivity index (χ2v) is 10.3. The van der Waals surface area contributed by atoms with Gasteiger partial charge in [0.15, 0.2) is 0 Å². The lowest BCUT2D eigenvalue weighted by Crippen LogP contribution is -2.30. The van der Waals surface area contributed by atoms with E-state index in [0.717, 1.165) is 17.2 Å². The van der Waals surface area contributed by atoms with Gasteiger partial charge in [-0.15, -0.1) is 11.3 Å². The molecular formula is C30H17N3S. The van der Waals surface area contributed by atoms with Crippen molar-refractivity contribution in [3.8, 4) is 0 Å². The molecule has 3 nitrogen and oxygen atoms in total. The normalized spacial score (nSPS) is 17.3. The Balaban J connectivity index is 1.59. The maximum absolute atomic E-state index is 5.19. The van der Waals surface area contributed by atoms with Crippen molar-refractivity contribution in [2.24, 2.45) is 4.99 Å². The fourth-order valence-electron chi connectivity index (χ4n) is 6.07. The number of fused-ring (bicyclic) bond motifs is 13. The number of allylic oxidation sites excluding steroid dienone is 2. The van der Waals surface area contributed by atoms with Crippen molar-refractivity contribution >= 4 is 86.7 Å². The molecule has 1 unspecified atom stereocenters. The maximum Gasteiger partial charge on any atom is 0.139 e. The lowest BCUT2D eigenvalue weighted by molar-refractivity contribution is 1.09. The molecule has 7 aromatic rings. The summed E-state index contributed by atoms with van der Waals surface area (Å²) in [5, 5.41) is 12.9. The maximum atomic E-state index is 5.19. The first-order chi connectivity index (χ1) is 16.9. The summed E-state index contributed by atoms with van der Waals surface area (Å²) >= 11 is 1.89. The van der Waals surface area contributed by atoms with Crippen LogP contribution in [-0.4, -0.2) is 16.2 Å². The topological polar surface area (TPSA) is 28.8 Å². The largest absolute Gasteiger partial charge is 0.357 e. The van der Waals surface area contributed by atoms with Gasteiger partial charge in [-0.05, 0) is 29.0 Å². The van der Waals surface area contributed by atoms with E-state index in [2.05, 4.69) is 101 Å². The fourth-order valence-corrected chi connectivity index (χ4v) is 7.31. The molecule has 34 heavy (non-hydrogen) atoms. The summed E-state index contributed by atoms with van der Waals surface area (Å²) in [4.78, 5) is 5.19.